The number of aliphatic hydroxyl groups excluding tert-OH is 1. The molecule has 16 heavy (non-hydrogen) atoms. The monoisotopic (exact) mass is 225 g/mol. The van der Waals surface area contributed by atoms with Crippen LogP contribution in [0, 0.1) is 23.2 Å². The molecule has 0 aromatic heterocycles. The zero-order valence-electron chi connectivity index (χ0n) is 11.2. The zero-order valence-corrected chi connectivity index (χ0v) is 11.2. The van der Waals surface area contributed by atoms with Crippen LogP contribution in [-0.2, 0) is 0 Å². The molecule has 2 nitrogen and oxygen atoms in total. The number of hydrogen-bond acceptors (Lipinski definition) is 2. The fourth-order valence-corrected chi connectivity index (χ4v) is 4.24. The SMILES string of the molecule is CCC1C(O)NC2CC(C)CC(C)(C)CC21. The summed E-state index contributed by atoms with van der Waals surface area (Å²) >= 11 is 0. The number of hydrogen-bond donors (Lipinski definition) is 2. The van der Waals surface area contributed by atoms with Crippen molar-refractivity contribution in [2.24, 2.45) is 23.2 Å². The van der Waals surface area contributed by atoms with Crippen LogP contribution in [0.3, 0.4) is 0 Å². The molecular formula is C14H27NO. The molecule has 0 spiro atoms. The molecule has 0 amide bonds. The van der Waals surface area contributed by atoms with Gasteiger partial charge in [-0.25, -0.2) is 0 Å². The van der Waals surface area contributed by atoms with E-state index in [1.54, 1.807) is 0 Å². The number of fused-ring (bicyclic) bond motifs is 1. The summed E-state index contributed by atoms with van der Waals surface area (Å²) in [5, 5.41) is 13.5. The maximum Gasteiger partial charge on any atom is 0.108 e. The lowest BCUT2D eigenvalue weighted by Crippen LogP contribution is -2.32. The van der Waals surface area contributed by atoms with Crippen molar-refractivity contribution in [2.45, 2.75) is 65.6 Å². The molecule has 2 aliphatic rings. The second-order valence-electron chi connectivity index (χ2n) is 6.87. The van der Waals surface area contributed by atoms with Crippen LogP contribution >= 0.6 is 0 Å². The summed E-state index contributed by atoms with van der Waals surface area (Å²) in [4.78, 5) is 0. The van der Waals surface area contributed by atoms with E-state index in [1.165, 1.54) is 19.3 Å². The van der Waals surface area contributed by atoms with Crippen molar-refractivity contribution in [1.82, 2.24) is 5.32 Å². The molecule has 0 bridgehead atoms. The third kappa shape index (κ3) is 2.28. The molecule has 0 aromatic carbocycles. The molecule has 2 N–H and O–H groups in total. The van der Waals surface area contributed by atoms with Gasteiger partial charge in [-0.2, -0.15) is 0 Å². The van der Waals surface area contributed by atoms with E-state index in [0.29, 0.717) is 23.3 Å². The summed E-state index contributed by atoms with van der Waals surface area (Å²) in [6.45, 7) is 9.35. The molecule has 1 aliphatic carbocycles. The van der Waals surface area contributed by atoms with Crippen LogP contribution in [0.2, 0.25) is 0 Å². The third-order valence-corrected chi connectivity index (χ3v) is 4.67. The Morgan fingerprint density at radius 2 is 2.00 bits per heavy atom. The summed E-state index contributed by atoms with van der Waals surface area (Å²) in [6.07, 6.45) is 4.67. The first-order chi connectivity index (χ1) is 7.43. The van der Waals surface area contributed by atoms with E-state index in [2.05, 4.69) is 33.0 Å². The minimum atomic E-state index is -0.263. The first-order valence-corrected chi connectivity index (χ1v) is 6.87. The average Bonchev–Trinajstić information content (AvgIpc) is 2.33. The van der Waals surface area contributed by atoms with Crippen LogP contribution in [-0.4, -0.2) is 17.4 Å². The van der Waals surface area contributed by atoms with Gasteiger partial charge in [-0.15, -0.1) is 0 Å². The quantitative estimate of drug-likeness (QED) is 0.719. The van der Waals surface area contributed by atoms with Gasteiger partial charge in [0.15, 0.2) is 0 Å². The topological polar surface area (TPSA) is 32.3 Å². The maximum absolute atomic E-state index is 10.1. The van der Waals surface area contributed by atoms with Gasteiger partial charge in [-0.3, -0.25) is 5.32 Å². The zero-order chi connectivity index (χ0) is 11.9. The van der Waals surface area contributed by atoms with Crippen molar-refractivity contribution in [1.29, 1.82) is 0 Å². The molecule has 0 radical (unpaired) electrons. The Bertz CT molecular complexity index is 251. The smallest absolute Gasteiger partial charge is 0.108 e. The molecular weight excluding hydrogens is 198 g/mol. The molecule has 2 rings (SSSR count). The first-order valence-electron chi connectivity index (χ1n) is 6.87. The lowest BCUT2D eigenvalue weighted by molar-refractivity contribution is 0.0861. The van der Waals surface area contributed by atoms with Crippen molar-refractivity contribution in [2.75, 3.05) is 0 Å². The predicted molar refractivity (Wildman–Crippen MR) is 67.0 cm³/mol. The molecule has 5 unspecified atom stereocenters. The van der Waals surface area contributed by atoms with Crippen LogP contribution in [0.25, 0.3) is 0 Å². The van der Waals surface area contributed by atoms with Crippen molar-refractivity contribution in [3.63, 3.8) is 0 Å². The van der Waals surface area contributed by atoms with Crippen LogP contribution in [0.4, 0.5) is 0 Å². The Hall–Kier alpha value is -0.0800. The van der Waals surface area contributed by atoms with Gasteiger partial charge in [0.2, 0.25) is 0 Å². The normalized spacial score (nSPS) is 47.4. The fraction of sp³-hybridized carbons (Fsp3) is 1.00. The molecule has 5 atom stereocenters. The van der Waals surface area contributed by atoms with E-state index in [-0.39, 0.29) is 6.23 Å². The molecule has 1 aliphatic heterocycles. The second-order valence-corrected chi connectivity index (χ2v) is 6.87. The molecule has 94 valence electrons. The highest BCUT2D eigenvalue weighted by molar-refractivity contribution is 4.98. The summed E-state index contributed by atoms with van der Waals surface area (Å²) in [5.74, 6) is 1.93. The van der Waals surface area contributed by atoms with Crippen LogP contribution < -0.4 is 5.32 Å². The Labute approximate surface area is 99.8 Å². The Kier molecular flexibility index (Phi) is 3.33. The van der Waals surface area contributed by atoms with Gasteiger partial charge in [0.1, 0.15) is 6.23 Å². The largest absolute Gasteiger partial charge is 0.378 e. The van der Waals surface area contributed by atoms with Gasteiger partial charge in [-0.1, -0.05) is 27.7 Å². The minimum absolute atomic E-state index is 0.263. The molecule has 1 saturated carbocycles. The fourth-order valence-electron chi connectivity index (χ4n) is 4.24. The van der Waals surface area contributed by atoms with E-state index in [1.807, 2.05) is 0 Å². The second kappa shape index (κ2) is 4.30. The summed E-state index contributed by atoms with van der Waals surface area (Å²) in [7, 11) is 0. The van der Waals surface area contributed by atoms with E-state index in [0.717, 1.165) is 12.3 Å². The molecule has 1 heterocycles. The van der Waals surface area contributed by atoms with Crippen LogP contribution in [0.5, 0.6) is 0 Å². The van der Waals surface area contributed by atoms with Crippen molar-refractivity contribution < 1.29 is 5.11 Å². The van der Waals surface area contributed by atoms with Crippen LogP contribution in [0.15, 0.2) is 0 Å². The average molecular weight is 225 g/mol. The first kappa shape index (κ1) is 12.4. The molecule has 1 saturated heterocycles. The number of nitrogens with one attached hydrogen (secondary N) is 1. The van der Waals surface area contributed by atoms with E-state index in [4.69, 9.17) is 0 Å². The highest BCUT2D eigenvalue weighted by atomic mass is 16.3. The summed E-state index contributed by atoms with van der Waals surface area (Å²) in [6, 6.07) is 0.553. The Morgan fingerprint density at radius 1 is 1.31 bits per heavy atom. The standard InChI is InChI=1S/C14H27NO/c1-5-10-11-8-14(3,4)7-9(2)6-12(11)15-13(10)16/h9-13,15-16H,5-8H2,1-4H3. The van der Waals surface area contributed by atoms with Gasteiger partial charge in [0, 0.05) is 12.0 Å². The van der Waals surface area contributed by atoms with Gasteiger partial charge in [-0.05, 0) is 42.9 Å². The highest BCUT2D eigenvalue weighted by Crippen LogP contribution is 2.46. The number of rotatable bonds is 1. The van der Waals surface area contributed by atoms with Crippen molar-refractivity contribution in [3.05, 3.63) is 0 Å². The minimum Gasteiger partial charge on any atom is -0.378 e. The number of aliphatic hydroxyl groups is 1. The predicted octanol–water partition coefficient (Wildman–Crippen LogP) is 2.77. The summed E-state index contributed by atoms with van der Waals surface area (Å²) in [5.41, 5.74) is 0.442. The lowest BCUT2D eigenvalue weighted by atomic mass is 9.75. The Balaban J connectivity index is 2.18. The third-order valence-electron chi connectivity index (χ3n) is 4.67. The van der Waals surface area contributed by atoms with E-state index < -0.39 is 0 Å². The molecule has 0 aromatic rings. The van der Waals surface area contributed by atoms with E-state index >= 15 is 0 Å². The van der Waals surface area contributed by atoms with Gasteiger partial charge in [0.05, 0.1) is 0 Å². The molecule has 2 fully saturated rings. The van der Waals surface area contributed by atoms with E-state index in [9.17, 15) is 5.11 Å². The lowest BCUT2D eigenvalue weighted by Gasteiger charge is -2.30. The van der Waals surface area contributed by atoms with Gasteiger partial charge < -0.3 is 5.11 Å². The molecule has 2 heteroatoms. The summed E-state index contributed by atoms with van der Waals surface area (Å²) < 4.78 is 0. The maximum atomic E-state index is 10.1. The van der Waals surface area contributed by atoms with Gasteiger partial charge in [0.25, 0.3) is 0 Å². The van der Waals surface area contributed by atoms with Crippen molar-refractivity contribution >= 4 is 0 Å². The van der Waals surface area contributed by atoms with Gasteiger partial charge >= 0.3 is 0 Å². The Morgan fingerprint density at radius 3 is 2.62 bits per heavy atom. The van der Waals surface area contributed by atoms with Crippen molar-refractivity contribution in [3.8, 4) is 0 Å². The van der Waals surface area contributed by atoms with Crippen LogP contribution in [0.1, 0.15) is 53.4 Å². The highest BCUT2D eigenvalue weighted by Gasteiger charge is 2.45.